The van der Waals surface area contributed by atoms with Crippen LogP contribution in [0.2, 0.25) is 0 Å². The first-order chi connectivity index (χ1) is 6.31. The average Bonchev–Trinajstić information content (AvgIpc) is 1.97. The van der Waals surface area contributed by atoms with Crippen molar-refractivity contribution in [3.05, 3.63) is 0 Å². The van der Waals surface area contributed by atoms with Crippen LogP contribution in [0.3, 0.4) is 0 Å². The van der Waals surface area contributed by atoms with E-state index in [1.165, 1.54) is 0 Å². The molecule has 6 nitrogen and oxygen atoms in total. The van der Waals surface area contributed by atoms with Gasteiger partial charge in [-0.2, -0.15) is 9.78 Å². The second-order valence-electron chi connectivity index (χ2n) is 4.11. The third kappa shape index (κ3) is 3.49. The van der Waals surface area contributed by atoms with Crippen molar-refractivity contribution in [3.63, 3.8) is 0 Å². The van der Waals surface area contributed by atoms with E-state index in [1.54, 1.807) is 27.7 Å². The average molecular weight is 206 g/mol. The predicted molar refractivity (Wildman–Crippen MR) is 43.8 cm³/mol. The van der Waals surface area contributed by atoms with Crippen molar-refractivity contribution in [1.82, 2.24) is 0 Å². The molecule has 1 aliphatic rings. The van der Waals surface area contributed by atoms with E-state index < -0.39 is 17.5 Å². The molecule has 1 unspecified atom stereocenters. The molecule has 1 aliphatic heterocycles. The van der Waals surface area contributed by atoms with Gasteiger partial charge in [0.2, 0.25) is 0 Å². The minimum Gasteiger partial charge on any atom is -0.395 e. The van der Waals surface area contributed by atoms with Gasteiger partial charge in [-0.1, -0.05) is 0 Å². The molecule has 1 rings (SSSR count). The summed E-state index contributed by atoms with van der Waals surface area (Å²) in [6, 6.07) is 0. The van der Waals surface area contributed by atoms with Crippen LogP contribution < -0.4 is 0 Å². The zero-order valence-electron chi connectivity index (χ0n) is 8.66. The van der Waals surface area contributed by atoms with Crippen molar-refractivity contribution in [2.75, 3.05) is 6.61 Å². The van der Waals surface area contributed by atoms with Crippen LogP contribution in [0, 0.1) is 0 Å². The second kappa shape index (κ2) is 3.72. The maximum absolute atomic E-state index is 11.0. The Bertz CT molecular complexity index is 214. The van der Waals surface area contributed by atoms with E-state index in [1.807, 2.05) is 0 Å². The lowest BCUT2D eigenvalue weighted by atomic mass is 10.2. The molecule has 0 bridgehead atoms. The lowest BCUT2D eigenvalue weighted by Crippen LogP contribution is -2.48. The van der Waals surface area contributed by atoms with E-state index in [4.69, 9.17) is 9.62 Å². The fourth-order valence-corrected chi connectivity index (χ4v) is 0.624. The molecule has 0 radical (unpaired) electrons. The minimum absolute atomic E-state index is 0.178. The monoisotopic (exact) mass is 206 g/mol. The molecule has 0 spiro atoms. The van der Waals surface area contributed by atoms with Gasteiger partial charge in [0.1, 0.15) is 5.60 Å². The highest BCUT2D eigenvalue weighted by atomic mass is 17.3. The molecule has 1 heterocycles. The molecule has 82 valence electrons. The van der Waals surface area contributed by atoms with E-state index in [0.29, 0.717) is 0 Å². The summed E-state index contributed by atoms with van der Waals surface area (Å²) in [7, 11) is 0. The molecule has 0 N–H and O–H groups in total. The fraction of sp³-hybridized carbons (Fsp3) is 0.875. The Hall–Kier alpha value is -0.850. The molecule has 1 fully saturated rings. The lowest BCUT2D eigenvalue weighted by Gasteiger charge is -2.34. The highest BCUT2D eigenvalue weighted by Gasteiger charge is 2.41. The van der Waals surface area contributed by atoms with E-state index in [9.17, 15) is 4.79 Å². The number of rotatable bonds is 2. The minimum atomic E-state index is -1.06. The third-order valence-electron chi connectivity index (χ3n) is 1.22. The summed E-state index contributed by atoms with van der Waals surface area (Å²) < 4.78 is 4.74. The molecule has 0 amide bonds. The third-order valence-corrected chi connectivity index (χ3v) is 1.22. The van der Waals surface area contributed by atoms with Gasteiger partial charge in [0.05, 0.1) is 0 Å². The summed E-state index contributed by atoms with van der Waals surface area (Å²) in [6.07, 6.45) is -0.953. The molecule has 0 aliphatic carbocycles. The highest BCUT2D eigenvalue weighted by Crippen LogP contribution is 2.23. The maximum Gasteiger partial charge on any atom is 0.543 e. The number of ether oxygens (including phenoxy) is 1. The van der Waals surface area contributed by atoms with Gasteiger partial charge < -0.3 is 4.74 Å². The van der Waals surface area contributed by atoms with E-state index in [-0.39, 0.29) is 6.61 Å². The van der Waals surface area contributed by atoms with Gasteiger partial charge in [-0.15, -0.1) is 0 Å². The van der Waals surface area contributed by atoms with Gasteiger partial charge in [0, 0.05) is 6.92 Å². The summed E-state index contributed by atoms with van der Waals surface area (Å²) >= 11 is 0. The van der Waals surface area contributed by atoms with Crippen LogP contribution in [0.4, 0.5) is 4.79 Å². The Morgan fingerprint density at radius 2 is 2.00 bits per heavy atom. The molecular formula is C8H14O6. The maximum atomic E-state index is 11.0. The molecule has 1 atom stereocenters. The first kappa shape index (κ1) is 11.2. The first-order valence-electron chi connectivity index (χ1n) is 4.20. The van der Waals surface area contributed by atoms with Crippen LogP contribution in [0.15, 0.2) is 0 Å². The Morgan fingerprint density at radius 1 is 1.43 bits per heavy atom. The van der Waals surface area contributed by atoms with Gasteiger partial charge in [0.15, 0.2) is 6.61 Å². The van der Waals surface area contributed by atoms with Crippen LogP contribution >= 0.6 is 0 Å². The Kier molecular flexibility index (Phi) is 2.98. The molecule has 0 aromatic carbocycles. The van der Waals surface area contributed by atoms with Crippen LogP contribution in [-0.4, -0.2) is 24.2 Å². The smallest absolute Gasteiger partial charge is 0.395 e. The van der Waals surface area contributed by atoms with E-state index >= 15 is 0 Å². The predicted octanol–water partition coefficient (Wildman–Crippen LogP) is 1.55. The molecule has 14 heavy (non-hydrogen) atoms. The Morgan fingerprint density at radius 3 is 2.36 bits per heavy atom. The topological polar surface area (TPSA) is 63.2 Å². The summed E-state index contributed by atoms with van der Waals surface area (Å²) in [5.41, 5.74) is -0.573. The van der Waals surface area contributed by atoms with Gasteiger partial charge in [-0.3, -0.25) is 4.89 Å². The number of carbonyl (C=O) groups is 1. The summed E-state index contributed by atoms with van der Waals surface area (Å²) in [4.78, 5) is 29.1. The molecule has 1 saturated heterocycles. The Labute approximate surface area is 81.9 Å². The van der Waals surface area contributed by atoms with Gasteiger partial charge in [-0.05, 0) is 20.8 Å². The van der Waals surface area contributed by atoms with Gasteiger partial charge in [-0.25, -0.2) is 9.68 Å². The van der Waals surface area contributed by atoms with Crippen molar-refractivity contribution >= 4 is 6.16 Å². The van der Waals surface area contributed by atoms with Gasteiger partial charge in [0.25, 0.3) is 5.79 Å². The van der Waals surface area contributed by atoms with Crippen molar-refractivity contribution in [2.24, 2.45) is 0 Å². The number of hydrogen-bond donors (Lipinski definition) is 0. The zero-order valence-corrected chi connectivity index (χ0v) is 8.66. The molecule has 0 aromatic rings. The zero-order chi connectivity index (χ0) is 10.8. The molecule has 0 saturated carbocycles. The van der Waals surface area contributed by atoms with Crippen LogP contribution in [0.5, 0.6) is 0 Å². The summed E-state index contributed by atoms with van der Waals surface area (Å²) in [6.45, 7) is 6.95. The standard InChI is InChI=1S/C8H14O6/c1-7(2,3)13-12-6(9)11-8(4)5-10-14-8/h5H2,1-4H3. The molecular weight excluding hydrogens is 192 g/mol. The summed E-state index contributed by atoms with van der Waals surface area (Å²) in [5, 5.41) is 0. The van der Waals surface area contributed by atoms with Crippen LogP contribution in [-0.2, 0) is 24.3 Å². The Balaban J connectivity index is 2.22. The van der Waals surface area contributed by atoms with Crippen LogP contribution in [0.1, 0.15) is 27.7 Å². The number of carbonyl (C=O) groups excluding carboxylic acids is 1. The summed E-state index contributed by atoms with van der Waals surface area (Å²) in [5.74, 6) is -1.06. The SMILES string of the molecule is CC(C)(C)OOC(=O)OC1(C)COO1. The second-order valence-corrected chi connectivity index (χ2v) is 4.11. The quantitative estimate of drug-likeness (QED) is 0.388. The normalized spacial score (nSPS) is 26.6. The highest BCUT2D eigenvalue weighted by molar-refractivity contribution is 5.59. The van der Waals surface area contributed by atoms with E-state index in [0.717, 1.165) is 0 Å². The first-order valence-corrected chi connectivity index (χ1v) is 4.20. The fourth-order valence-electron chi connectivity index (χ4n) is 0.624. The lowest BCUT2D eigenvalue weighted by molar-refractivity contribution is -0.524. The van der Waals surface area contributed by atoms with Crippen molar-refractivity contribution in [2.45, 2.75) is 39.1 Å². The largest absolute Gasteiger partial charge is 0.543 e. The number of hydrogen-bond acceptors (Lipinski definition) is 6. The van der Waals surface area contributed by atoms with Crippen LogP contribution in [0.25, 0.3) is 0 Å². The van der Waals surface area contributed by atoms with Crippen molar-refractivity contribution in [1.29, 1.82) is 0 Å². The molecule has 0 aromatic heterocycles. The van der Waals surface area contributed by atoms with Crippen molar-refractivity contribution in [3.8, 4) is 0 Å². The van der Waals surface area contributed by atoms with Gasteiger partial charge >= 0.3 is 6.16 Å². The van der Waals surface area contributed by atoms with Crippen molar-refractivity contribution < 1.29 is 29.1 Å². The molecule has 6 heteroatoms. The van der Waals surface area contributed by atoms with E-state index in [2.05, 4.69) is 14.7 Å².